The lowest BCUT2D eigenvalue weighted by Crippen LogP contribution is -3.07. The number of phenolic OH excluding ortho intramolecular Hbond substituents is 2. The molecular formula is C31H41N4O6+. The second-order valence-corrected chi connectivity index (χ2v) is 10.9. The van der Waals surface area contributed by atoms with Gasteiger partial charge >= 0.3 is 0 Å². The predicted molar refractivity (Wildman–Crippen MR) is 155 cm³/mol. The maximum atomic E-state index is 12.4. The maximum absolute atomic E-state index is 12.4. The molecule has 2 aromatic carbocycles. The van der Waals surface area contributed by atoms with Crippen LogP contribution in [0.5, 0.6) is 17.2 Å². The second-order valence-electron chi connectivity index (χ2n) is 10.9. The number of rotatable bonds is 15. The molecule has 0 amide bonds. The van der Waals surface area contributed by atoms with Crippen LogP contribution in [0.2, 0.25) is 0 Å². The number of nitrogens with one attached hydrogen (secondary N) is 1. The monoisotopic (exact) mass is 565 g/mol. The van der Waals surface area contributed by atoms with Crippen molar-refractivity contribution in [2.75, 3.05) is 13.3 Å². The van der Waals surface area contributed by atoms with Crippen molar-refractivity contribution in [3.63, 3.8) is 0 Å². The van der Waals surface area contributed by atoms with Gasteiger partial charge in [-0.2, -0.15) is 0 Å². The first-order valence-corrected chi connectivity index (χ1v) is 14.1. The highest BCUT2D eigenvalue weighted by Gasteiger charge is 2.29. The van der Waals surface area contributed by atoms with Gasteiger partial charge in [0, 0.05) is 30.7 Å². The minimum atomic E-state index is -0.900. The van der Waals surface area contributed by atoms with E-state index in [4.69, 9.17) is 16.2 Å². The number of hydrogen-bond donors (Lipinski definition) is 7. The molecule has 3 atom stereocenters. The Labute approximate surface area is 240 Å². The summed E-state index contributed by atoms with van der Waals surface area (Å²) in [5, 5.41) is 40.6. The first kappa shape index (κ1) is 30.4. The molecular weight excluding hydrogens is 524 g/mol. The molecule has 10 heteroatoms. The molecule has 0 bridgehead atoms. The molecule has 41 heavy (non-hydrogen) atoms. The third-order valence-corrected chi connectivity index (χ3v) is 7.41. The van der Waals surface area contributed by atoms with Crippen LogP contribution in [0.15, 0.2) is 64.4 Å². The molecule has 2 heterocycles. The number of hydrogen-bond acceptors (Lipinski definition) is 9. The van der Waals surface area contributed by atoms with E-state index >= 15 is 0 Å². The van der Waals surface area contributed by atoms with Crippen LogP contribution in [-0.4, -0.2) is 57.9 Å². The standard InChI is InChI=1S/C31H40N4O6/c1-2-4-23(36)12-25(38)13-24(37)8-7-20-11-30(29(40)14-28(20)39)41-18-35-16-26-22(15-34-27(26)17-35)10-19-5-3-6-21(9-19)31(32)33/h3,5-6,9,11,14-15,17,23,25,31,36,38-40H,2,4,7-8,10,12-13,16,18,32-33H2,1H3/p+1. The lowest BCUT2D eigenvalue weighted by molar-refractivity contribution is -0.855. The van der Waals surface area contributed by atoms with E-state index in [-0.39, 0.29) is 55.4 Å². The zero-order valence-electron chi connectivity index (χ0n) is 23.4. The van der Waals surface area contributed by atoms with E-state index in [1.165, 1.54) is 6.07 Å². The van der Waals surface area contributed by atoms with Crippen molar-refractivity contribution in [3.05, 3.63) is 76.1 Å². The Morgan fingerprint density at radius 2 is 1.93 bits per heavy atom. The molecule has 220 valence electrons. The Morgan fingerprint density at radius 1 is 1.12 bits per heavy atom. The van der Waals surface area contributed by atoms with E-state index in [2.05, 4.69) is 4.99 Å². The number of aliphatic hydroxyl groups is 2. The van der Waals surface area contributed by atoms with Gasteiger partial charge < -0.3 is 36.6 Å². The number of carbonyl (C=O) groups is 1. The number of nitrogens with two attached hydrogens (primary N) is 2. The zero-order chi connectivity index (χ0) is 29.5. The fourth-order valence-electron chi connectivity index (χ4n) is 5.22. The zero-order valence-corrected chi connectivity index (χ0v) is 23.4. The Balaban J connectivity index is 1.32. The van der Waals surface area contributed by atoms with Gasteiger partial charge in [0.2, 0.25) is 6.73 Å². The number of allylic oxidation sites excluding steroid dienone is 1. The number of aliphatic hydroxyl groups excluding tert-OH is 2. The van der Waals surface area contributed by atoms with Crippen LogP contribution in [0.25, 0.3) is 0 Å². The SMILES string of the molecule is CCCC(O)CC(O)CC(=O)CCc1cc(OC[NH+]2C=C3N=CC(Cc4cccc(C(N)N)c4)=C3C2)c(O)cc1O. The van der Waals surface area contributed by atoms with Crippen molar-refractivity contribution in [1.82, 2.24) is 0 Å². The van der Waals surface area contributed by atoms with Gasteiger partial charge in [-0.05, 0) is 54.0 Å². The van der Waals surface area contributed by atoms with Crippen LogP contribution < -0.4 is 21.1 Å². The molecule has 0 aromatic heterocycles. The third kappa shape index (κ3) is 8.25. The fourth-order valence-corrected chi connectivity index (χ4v) is 5.22. The average Bonchev–Trinajstić information content (AvgIpc) is 3.49. The van der Waals surface area contributed by atoms with Crippen LogP contribution in [-0.2, 0) is 17.6 Å². The van der Waals surface area contributed by atoms with Gasteiger partial charge in [-0.1, -0.05) is 37.6 Å². The first-order valence-electron chi connectivity index (χ1n) is 14.1. The second kappa shape index (κ2) is 13.9. The predicted octanol–water partition coefficient (Wildman–Crippen LogP) is 1.52. The summed E-state index contributed by atoms with van der Waals surface area (Å²) in [6, 6.07) is 10.7. The molecule has 0 radical (unpaired) electrons. The topological polar surface area (TPSA) is 176 Å². The molecule has 0 saturated carbocycles. The van der Waals surface area contributed by atoms with Crippen molar-refractivity contribution in [1.29, 1.82) is 0 Å². The lowest BCUT2D eigenvalue weighted by atomic mass is 9.99. The van der Waals surface area contributed by atoms with E-state index < -0.39 is 18.4 Å². The molecule has 2 aromatic rings. The number of ketones is 1. The smallest absolute Gasteiger partial charge is 0.227 e. The quantitative estimate of drug-likeness (QED) is 0.159. The van der Waals surface area contributed by atoms with Gasteiger partial charge in [0.1, 0.15) is 30.0 Å². The Hall–Kier alpha value is -3.54. The Kier molecular flexibility index (Phi) is 10.3. The van der Waals surface area contributed by atoms with Crippen molar-refractivity contribution >= 4 is 12.0 Å². The number of aryl methyl sites for hydroxylation is 1. The van der Waals surface area contributed by atoms with Gasteiger partial charge in [-0.3, -0.25) is 14.7 Å². The van der Waals surface area contributed by atoms with Crippen LogP contribution >= 0.6 is 0 Å². The summed E-state index contributed by atoms with van der Waals surface area (Å²) in [4.78, 5) is 17.9. The number of phenols is 2. The number of fused-ring (bicyclic) bond motifs is 1. The number of carbonyl (C=O) groups excluding carboxylic acids is 1. The molecule has 2 aliphatic rings. The molecule has 0 saturated heterocycles. The van der Waals surface area contributed by atoms with E-state index in [9.17, 15) is 25.2 Å². The van der Waals surface area contributed by atoms with Crippen molar-refractivity contribution in [2.45, 2.75) is 70.2 Å². The summed E-state index contributed by atoms with van der Waals surface area (Å²) in [7, 11) is 0. The molecule has 9 N–H and O–H groups in total. The Bertz CT molecular complexity index is 1340. The van der Waals surface area contributed by atoms with E-state index in [0.29, 0.717) is 24.9 Å². The fraction of sp³-hybridized carbons (Fsp3) is 0.419. The number of aromatic hydroxyl groups is 2. The Morgan fingerprint density at radius 3 is 2.68 bits per heavy atom. The van der Waals surface area contributed by atoms with E-state index in [0.717, 1.165) is 39.3 Å². The number of Topliss-reactive ketones (excluding diaryl/α,β-unsaturated/α-hetero) is 1. The average molecular weight is 566 g/mol. The first-order chi connectivity index (χ1) is 19.6. The maximum Gasteiger partial charge on any atom is 0.227 e. The van der Waals surface area contributed by atoms with Gasteiger partial charge in [-0.15, -0.1) is 0 Å². The number of benzene rings is 2. The highest BCUT2D eigenvalue weighted by atomic mass is 16.5. The number of ether oxygens (including phenoxy) is 1. The lowest BCUT2D eigenvalue weighted by Gasteiger charge is -2.15. The molecule has 10 nitrogen and oxygen atoms in total. The van der Waals surface area contributed by atoms with Crippen LogP contribution in [0.3, 0.4) is 0 Å². The molecule has 2 aliphatic heterocycles. The summed E-state index contributed by atoms with van der Waals surface area (Å²) >= 11 is 0. The minimum absolute atomic E-state index is 0.0533. The highest BCUT2D eigenvalue weighted by Crippen LogP contribution is 2.34. The van der Waals surface area contributed by atoms with Crippen molar-refractivity contribution in [2.24, 2.45) is 16.5 Å². The van der Waals surface area contributed by atoms with E-state index in [1.807, 2.05) is 43.6 Å². The number of aliphatic imine (C=N–C) groups is 1. The number of nitrogens with zero attached hydrogens (tertiary/aromatic N) is 1. The summed E-state index contributed by atoms with van der Waals surface area (Å²) < 4.78 is 5.92. The summed E-state index contributed by atoms with van der Waals surface area (Å²) in [5.41, 5.74) is 17.3. The van der Waals surface area contributed by atoms with Crippen molar-refractivity contribution in [3.8, 4) is 17.2 Å². The third-order valence-electron chi connectivity index (χ3n) is 7.41. The normalized spacial score (nSPS) is 17.6. The largest absolute Gasteiger partial charge is 0.508 e. The van der Waals surface area contributed by atoms with Crippen LogP contribution in [0, 0.1) is 0 Å². The summed E-state index contributed by atoms with van der Waals surface area (Å²) in [6.45, 7) is 2.86. The summed E-state index contributed by atoms with van der Waals surface area (Å²) in [5.74, 6) is -0.280. The van der Waals surface area contributed by atoms with Crippen molar-refractivity contribution < 1.29 is 34.9 Å². The van der Waals surface area contributed by atoms with Gasteiger partial charge in [-0.25, -0.2) is 0 Å². The summed E-state index contributed by atoms with van der Waals surface area (Å²) in [6.07, 6.45) is 4.37. The molecule has 0 fully saturated rings. The van der Waals surface area contributed by atoms with Gasteiger partial charge in [0.05, 0.1) is 18.4 Å². The molecule has 3 unspecified atom stereocenters. The van der Waals surface area contributed by atoms with Crippen LogP contribution in [0.1, 0.15) is 61.9 Å². The van der Waals surface area contributed by atoms with Crippen LogP contribution in [0.4, 0.5) is 0 Å². The molecule has 0 aliphatic carbocycles. The van der Waals surface area contributed by atoms with Gasteiger partial charge in [0.15, 0.2) is 11.5 Å². The molecule has 0 spiro atoms. The highest BCUT2D eigenvalue weighted by molar-refractivity contribution is 5.87. The number of quaternary nitrogens is 1. The molecule has 4 rings (SSSR count). The van der Waals surface area contributed by atoms with E-state index in [1.54, 1.807) is 6.07 Å². The minimum Gasteiger partial charge on any atom is -0.508 e. The van der Waals surface area contributed by atoms with Gasteiger partial charge in [0.25, 0.3) is 0 Å².